The molecule has 0 saturated heterocycles. The van der Waals surface area contributed by atoms with Gasteiger partial charge in [0.1, 0.15) is 0 Å². The second kappa shape index (κ2) is 11.0. The molecule has 0 heterocycles. The van der Waals surface area contributed by atoms with Gasteiger partial charge in [0, 0.05) is 12.1 Å². The smallest absolute Gasteiger partial charge is 0.310 e. The fraction of sp³-hybridized carbons (Fsp3) is 0.0909. The lowest BCUT2D eigenvalue weighted by Gasteiger charge is -2.13. The summed E-state index contributed by atoms with van der Waals surface area (Å²) in [6.45, 7) is -1.01. The molecular weight excluding hydrogens is 448 g/mol. The Morgan fingerprint density at radius 3 is 1.38 bits per heavy atom. The van der Waals surface area contributed by atoms with Crippen LogP contribution >= 0.6 is 0 Å². The fourth-order valence-electron chi connectivity index (χ4n) is 2.82. The van der Waals surface area contributed by atoms with Crippen LogP contribution in [-0.2, 0) is 9.59 Å². The average Bonchev–Trinajstić information content (AvgIpc) is 2.83. The summed E-state index contributed by atoms with van der Waals surface area (Å²) in [7, 11) is 0. The van der Waals surface area contributed by atoms with Gasteiger partial charge in [-0.25, -0.2) is 0 Å². The van der Waals surface area contributed by atoms with E-state index in [0.29, 0.717) is 0 Å². The zero-order valence-corrected chi connectivity index (χ0v) is 17.5. The van der Waals surface area contributed by atoms with Crippen LogP contribution in [-0.4, -0.2) is 34.9 Å². The first-order chi connectivity index (χ1) is 16.3. The zero-order valence-electron chi connectivity index (χ0n) is 17.5. The van der Waals surface area contributed by atoms with Crippen LogP contribution in [0, 0.1) is 20.2 Å². The first-order valence-corrected chi connectivity index (χ1v) is 9.76. The van der Waals surface area contributed by atoms with Crippen LogP contribution in [0.15, 0.2) is 72.8 Å². The lowest BCUT2D eigenvalue weighted by Crippen LogP contribution is -2.24. The number of rotatable bonds is 10. The van der Waals surface area contributed by atoms with Crippen LogP contribution in [0.3, 0.4) is 0 Å². The molecule has 0 spiro atoms. The third kappa shape index (κ3) is 6.26. The van der Waals surface area contributed by atoms with Gasteiger partial charge in [0.25, 0.3) is 11.8 Å². The summed E-state index contributed by atoms with van der Waals surface area (Å²) in [6.07, 6.45) is 0. The van der Waals surface area contributed by atoms with Gasteiger partial charge in [-0.2, -0.15) is 0 Å². The Bertz CT molecular complexity index is 1140. The van der Waals surface area contributed by atoms with E-state index in [1.165, 1.54) is 60.7 Å². The number of carbonyl (C=O) groups excluding carboxylic acids is 2. The van der Waals surface area contributed by atoms with Gasteiger partial charge in [0.2, 0.25) is 0 Å². The summed E-state index contributed by atoms with van der Waals surface area (Å²) in [5.41, 5.74) is -0.0568. The number of nitrogens with one attached hydrogen (secondary N) is 2. The van der Waals surface area contributed by atoms with Gasteiger partial charge in [0.05, 0.1) is 21.2 Å². The van der Waals surface area contributed by atoms with Crippen molar-refractivity contribution >= 4 is 34.6 Å². The molecule has 2 N–H and O–H groups in total. The van der Waals surface area contributed by atoms with Crippen LogP contribution < -0.4 is 20.1 Å². The lowest BCUT2D eigenvalue weighted by molar-refractivity contribution is -0.386. The predicted octanol–water partition coefficient (Wildman–Crippen LogP) is 3.54. The van der Waals surface area contributed by atoms with Crippen molar-refractivity contribution in [3.63, 3.8) is 0 Å². The van der Waals surface area contributed by atoms with Crippen LogP contribution in [0.25, 0.3) is 0 Å². The Morgan fingerprint density at radius 2 is 1.00 bits per heavy atom. The molecule has 0 aliphatic heterocycles. The molecule has 3 aromatic rings. The lowest BCUT2D eigenvalue weighted by atomic mass is 10.2. The molecule has 12 nitrogen and oxygen atoms in total. The number of benzene rings is 3. The molecule has 174 valence electrons. The van der Waals surface area contributed by atoms with Crippen molar-refractivity contribution in [1.29, 1.82) is 0 Å². The van der Waals surface area contributed by atoms with Gasteiger partial charge in [-0.1, -0.05) is 36.4 Å². The molecule has 3 rings (SSSR count). The normalized spacial score (nSPS) is 10.1. The monoisotopic (exact) mass is 466 g/mol. The molecule has 0 unspecified atom stereocenters. The predicted molar refractivity (Wildman–Crippen MR) is 121 cm³/mol. The van der Waals surface area contributed by atoms with E-state index in [4.69, 9.17) is 9.47 Å². The number of para-hydroxylation sites is 6. The Kier molecular flexibility index (Phi) is 7.68. The highest BCUT2D eigenvalue weighted by molar-refractivity contribution is 6.00. The number of amides is 2. The molecule has 3 aromatic carbocycles. The number of ether oxygens (including phenoxy) is 2. The largest absolute Gasteiger partial charge is 0.477 e. The van der Waals surface area contributed by atoms with E-state index in [9.17, 15) is 29.8 Å². The summed E-state index contributed by atoms with van der Waals surface area (Å²) in [5, 5.41) is 27.2. The Hall–Kier alpha value is -5.00. The number of carbonyl (C=O) groups is 2. The fourth-order valence-corrected chi connectivity index (χ4v) is 2.82. The minimum Gasteiger partial charge on any atom is -0.477 e. The van der Waals surface area contributed by atoms with Crippen molar-refractivity contribution in [3.05, 3.63) is 93.0 Å². The van der Waals surface area contributed by atoms with Crippen molar-refractivity contribution in [2.45, 2.75) is 0 Å². The van der Waals surface area contributed by atoms with Crippen LogP contribution in [0.1, 0.15) is 0 Å². The van der Waals surface area contributed by atoms with Gasteiger partial charge in [-0.3, -0.25) is 29.8 Å². The van der Waals surface area contributed by atoms with E-state index >= 15 is 0 Å². The zero-order chi connectivity index (χ0) is 24.5. The van der Waals surface area contributed by atoms with E-state index < -0.39 is 34.9 Å². The molecular formula is C22H18N4O8. The van der Waals surface area contributed by atoms with Crippen LogP contribution in [0.2, 0.25) is 0 Å². The highest BCUT2D eigenvalue weighted by atomic mass is 16.6. The van der Waals surface area contributed by atoms with Crippen molar-refractivity contribution in [3.8, 4) is 11.5 Å². The number of nitro groups is 2. The maximum absolute atomic E-state index is 12.3. The Balaban J connectivity index is 1.59. The molecule has 0 bridgehead atoms. The number of nitrogens with zero attached hydrogens (tertiary/aromatic N) is 2. The highest BCUT2D eigenvalue weighted by Gasteiger charge is 2.17. The van der Waals surface area contributed by atoms with Crippen molar-refractivity contribution in [2.24, 2.45) is 0 Å². The highest BCUT2D eigenvalue weighted by Crippen LogP contribution is 2.27. The summed E-state index contributed by atoms with van der Waals surface area (Å²) in [4.78, 5) is 45.5. The van der Waals surface area contributed by atoms with Crippen molar-refractivity contribution in [2.75, 3.05) is 23.8 Å². The van der Waals surface area contributed by atoms with E-state index in [2.05, 4.69) is 10.6 Å². The molecule has 0 fully saturated rings. The number of hydrogen-bond donors (Lipinski definition) is 2. The Morgan fingerprint density at radius 1 is 0.647 bits per heavy atom. The van der Waals surface area contributed by atoms with Crippen molar-refractivity contribution in [1.82, 2.24) is 0 Å². The molecule has 2 amide bonds. The molecule has 0 aromatic heterocycles. The quantitative estimate of drug-likeness (QED) is 0.338. The van der Waals surface area contributed by atoms with Gasteiger partial charge in [0.15, 0.2) is 24.7 Å². The number of hydrogen-bond acceptors (Lipinski definition) is 8. The molecule has 0 aliphatic rings. The minimum absolute atomic E-state index is 0.0589. The molecule has 0 atom stereocenters. The topological polar surface area (TPSA) is 163 Å². The van der Waals surface area contributed by atoms with Gasteiger partial charge < -0.3 is 20.1 Å². The third-order valence-corrected chi connectivity index (χ3v) is 4.32. The molecule has 0 aliphatic carbocycles. The standard InChI is InChI=1S/C22H18N4O8/c27-21(13-33-19-11-5-3-9-17(19)25(29)30)23-15-7-1-2-8-16(15)24-22(28)14-34-20-12-6-4-10-18(20)26(31)32/h1-12H,13-14H2,(H,23,27)(H,24,28). The molecule has 34 heavy (non-hydrogen) atoms. The van der Waals surface area contributed by atoms with E-state index in [-0.39, 0.29) is 34.2 Å². The van der Waals surface area contributed by atoms with Crippen LogP contribution in [0.4, 0.5) is 22.7 Å². The van der Waals surface area contributed by atoms with Gasteiger partial charge >= 0.3 is 11.4 Å². The first-order valence-electron chi connectivity index (χ1n) is 9.76. The molecule has 12 heteroatoms. The minimum atomic E-state index is -0.621. The van der Waals surface area contributed by atoms with Gasteiger partial charge in [-0.05, 0) is 24.3 Å². The molecule has 0 radical (unpaired) electrons. The summed E-state index contributed by atoms with van der Waals surface area (Å²) < 4.78 is 10.5. The first kappa shape index (κ1) is 23.7. The van der Waals surface area contributed by atoms with E-state index in [1.54, 1.807) is 12.1 Å². The number of nitro benzene ring substituents is 2. The number of anilines is 2. The van der Waals surface area contributed by atoms with Gasteiger partial charge in [-0.15, -0.1) is 0 Å². The maximum Gasteiger partial charge on any atom is 0.310 e. The second-order valence-electron chi connectivity index (χ2n) is 6.67. The molecule has 0 saturated carbocycles. The average molecular weight is 466 g/mol. The van der Waals surface area contributed by atoms with E-state index in [1.807, 2.05) is 0 Å². The summed E-state index contributed by atoms with van der Waals surface area (Å²) >= 11 is 0. The third-order valence-electron chi connectivity index (χ3n) is 4.32. The van der Waals surface area contributed by atoms with Crippen LogP contribution in [0.5, 0.6) is 11.5 Å². The summed E-state index contributed by atoms with van der Waals surface area (Å²) in [6, 6.07) is 17.6. The SMILES string of the molecule is O=C(COc1ccccc1[N+](=O)[O-])Nc1ccccc1NC(=O)COc1ccccc1[N+](=O)[O-]. The maximum atomic E-state index is 12.3. The second-order valence-corrected chi connectivity index (χ2v) is 6.67. The summed E-state index contributed by atoms with van der Waals surface area (Å²) in [5.74, 6) is -1.35. The van der Waals surface area contributed by atoms with E-state index in [0.717, 1.165) is 0 Å². The Labute approximate surface area is 192 Å². The van der Waals surface area contributed by atoms with Crippen molar-refractivity contribution < 1.29 is 28.9 Å².